The molecule has 1 aliphatic heterocycles. The Morgan fingerprint density at radius 1 is 1.19 bits per heavy atom. The number of likely N-dealkylation sites (tertiary alicyclic amines) is 1. The average molecular weight is 374 g/mol. The molecule has 0 spiro atoms. The molecule has 1 fully saturated rings. The van der Waals surface area contributed by atoms with Gasteiger partial charge in [0, 0.05) is 18.7 Å². The summed E-state index contributed by atoms with van der Waals surface area (Å²) < 4.78 is 0. The van der Waals surface area contributed by atoms with Gasteiger partial charge in [-0.2, -0.15) is 0 Å². The summed E-state index contributed by atoms with van der Waals surface area (Å²) >= 11 is 0. The topological polar surface area (TPSA) is 61.4 Å². The second-order valence-corrected chi connectivity index (χ2v) is 8.05. The van der Waals surface area contributed by atoms with E-state index >= 15 is 0 Å². The number of benzene rings is 1. The molecular weight excluding hydrogens is 338 g/mol. The zero-order valence-corrected chi connectivity index (χ0v) is 17.3. The van der Waals surface area contributed by atoms with Crippen LogP contribution in [0.25, 0.3) is 0 Å². The van der Waals surface area contributed by atoms with Crippen molar-refractivity contribution in [2.45, 2.75) is 53.0 Å². The quantitative estimate of drug-likeness (QED) is 0.736. The van der Waals surface area contributed by atoms with E-state index in [1.807, 2.05) is 36.1 Å². The number of carbonyl (C=O) groups is 2. The molecule has 5 nitrogen and oxygen atoms in total. The molecule has 5 heteroatoms. The molecule has 1 aliphatic rings. The Kier molecular flexibility index (Phi) is 8.29. The lowest BCUT2D eigenvalue weighted by atomic mass is 9.95. The lowest BCUT2D eigenvalue weighted by Crippen LogP contribution is -2.51. The molecule has 27 heavy (non-hydrogen) atoms. The van der Waals surface area contributed by atoms with Crippen LogP contribution in [0.3, 0.4) is 0 Å². The van der Waals surface area contributed by atoms with E-state index in [4.69, 9.17) is 0 Å². The van der Waals surface area contributed by atoms with E-state index in [1.54, 1.807) is 0 Å². The number of hydrogen-bond donors (Lipinski definition) is 2. The molecule has 0 radical (unpaired) electrons. The van der Waals surface area contributed by atoms with E-state index in [0.29, 0.717) is 23.8 Å². The van der Waals surface area contributed by atoms with E-state index in [0.717, 1.165) is 44.6 Å². The van der Waals surface area contributed by atoms with E-state index in [9.17, 15) is 9.59 Å². The van der Waals surface area contributed by atoms with Crippen molar-refractivity contribution in [3.05, 3.63) is 35.4 Å². The summed E-state index contributed by atoms with van der Waals surface area (Å²) in [6, 6.07) is 7.05. The van der Waals surface area contributed by atoms with Gasteiger partial charge in [0.05, 0.1) is 0 Å². The molecule has 1 aromatic carbocycles. The Morgan fingerprint density at radius 3 is 2.44 bits per heavy atom. The van der Waals surface area contributed by atoms with Crippen LogP contribution in [0, 0.1) is 18.8 Å². The van der Waals surface area contributed by atoms with Crippen LogP contribution in [0.2, 0.25) is 0 Å². The van der Waals surface area contributed by atoms with Crippen molar-refractivity contribution < 1.29 is 9.59 Å². The Hall–Kier alpha value is -1.88. The van der Waals surface area contributed by atoms with Crippen LogP contribution in [0.4, 0.5) is 0 Å². The fourth-order valence-electron chi connectivity index (χ4n) is 3.68. The molecule has 1 saturated heterocycles. The molecule has 1 atom stereocenters. The maximum absolute atomic E-state index is 13.1. The van der Waals surface area contributed by atoms with Crippen LogP contribution in [-0.2, 0) is 4.79 Å². The van der Waals surface area contributed by atoms with Gasteiger partial charge >= 0.3 is 0 Å². The van der Waals surface area contributed by atoms with Gasteiger partial charge in [-0.05, 0) is 62.7 Å². The maximum Gasteiger partial charge on any atom is 0.252 e. The lowest BCUT2D eigenvalue weighted by molar-refractivity contribution is -0.135. The van der Waals surface area contributed by atoms with Crippen molar-refractivity contribution in [1.29, 1.82) is 0 Å². The van der Waals surface area contributed by atoms with Crippen molar-refractivity contribution in [2.24, 2.45) is 11.8 Å². The smallest absolute Gasteiger partial charge is 0.252 e. The molecule has 0 aliphatic carbocycles. The van der Waals surface area contributed by atoms with Crippen molar-refractivity contribution in [3.63, 3.8) is 0 Å². The zero-order chi connectivity index (χ0) is 19.8. The van der Waals surface area contributed by atoms with Crippen LogP contribution >= 0.6 is 0 Å². The van der Waals surface area contributed by atoms with Gasteiger partial charge in [0.25, 0.3) is 5.91 Å². The summed E-state index contributed by atoms with van der Waals surface area (Å²) in [6.45, 7) is 11.8. The Balaban J connectivity index is 2.00. The summed E-state index contributed by atoms with van der Waals surface area (Å²) in [5.74, 6) is 0.878. The fraction of sp³-hybridized carbons (Fsp3) is 0.636. The molecule has 0 saturated carbocycles. The molecular formula is C22H35N3O2. The minimum absolute atomic E-state index is 0.0625. The predicted molar refractivity (Wildman–Crippen MR) is 110 cm³/mol. The number of nitrogens with zero attached hydrogens (tertiary/aromatic N) is 1. The largest absolute Gasteiger partial charge is 0.341 e. The molecule has 1 aromatic rings. The van der Waals surface area contributed by atoms with Crippen molar-refractivity contribution >= 4 is 11.8 Å². The van der Waals surface area contributed by atoms with Gasteiger partial charge in [-0.15, -0.1) is 0 Å². The molecule has 1 unspecified atom stereocenters. The standard InChI is InChI=1S/C22H35N3O2/c1-5-23-15-18-10-12-25(13-11-18)22(27)20(14-16(2)3)24-21(26)19-9-7-6-8-17(19)4/h6-9,16,18,20,23H,5,10-15H2,1-4H3,(H,24,26). The number of hydrogen-bond acceptors (Lipinski definition) is 3. The third-order valence-electron chi connectivity index (χ3n) is 5.31. The van der Waals surface area contributed by atoms with Crippen LogP contribution in [0.1, 0.15) is 56.0 Å². The summed E-state index contributed by atoms with van der Waals surface area (Å²) in [4.78, 5) is 27.8. The third kappa shape index (κ3) is 6.35. The minimum atomic E-state index is -0.456. The lowest BCUT2D eigenvalue weighted by Gasteiger charge is -2.35. The van der Waals surface area contributed by atoms with E-state index in [2.05, 4.69) is 31.4 Å². The molecule has 2 N–H and O–H groups in total. The van der Waals surface area contributed by atoms with E-state index in [-0.39, 0.29) is 11.8 Å². The Bertz CT molecular complexity index is 622. The molecule has 2 rings (SSSR count). The van der Waals surface area contributed by atoms with Crippen LogP contribution in [0.5, 0.6) is 0 Å². The first-order valence-electron chi connectivity index (χ1n) is 10.3. The van der Waals surface area contributed by atoms with Gasteiger partial charge in [0.1, 0.15) is 6.04 Å². The minimum Gasteiger partial charge on any atom is -0.341 e. The first-order valence-corrected chi connectivity index (χ1v) is 10.3. The second kappa shape index (κ2) is 10.5. The maximum atomic E-state index is 13.1. The second-order valence-electron chi connectivity index (χ2n) is 8.05. The number of piperidine rings is 1. The van der Waals surface area contributed by atoms with Crippen LogP contribution in [0.15, 0.2) is 24.3 Å². The summed E-state index contributed by atoms with van der Waals surface area (Å²) in [5, 5.41) is 6.41. The molecule has 0 aromatic heterocycles. The molecule has 1 heterocycles. The number of carbonyl (C=O) groups excluding carboxylic acids is 2. The van der Waals surface area contributed by atoms with Crippen LogP contribution in [-0.4, -0.2) is 48.9 Å². The molecule has 0 bridgehead atoms. The zero-order valence-electron chi connectivity index (χ0n) is 17.3. The highest BCUT2D eigenvalue weighted by atomic mass is 16.2. The average Bonchev–Trinajstić information content (AvgIpc) is 2.65. The van der Waals surface area contributed by atoms with Crippen molar-refractivity contribution in [2.75, 3.05) is 26.2 Å². The Morgan fingerprint density at radius 2 is 1.85 bits per heavy atom. The first kappa shape index (κ1) is 21.4. The third-order valence-corrected chi connectivity index (χ3v) is 5.31. The SMILES string of the molecule is CCNCC1CCN(C(=O)C(CC(C)C)NC(=O)c2ccccc2C)CC1. The number of nitrogens with one attached hydrogen (secondary N) is 2. The predicted octanol–water partition coefficient (Wildman–Crippen LogP) is 2.99. The van der Waals surface area contributed by atoms with Gasteiger partial charge < -0.3 is 15.5 Å². The van der Waals surface area contributed by atoms with Gasteiger partial charge in [-0.3, -0.25) is 9.59 Å². The monoisotopic (exact) mass is 373 g/mol. The fourth-order valence-corrected chi connectivity index (χ4v) is 3.68. The van der Waals surface area contributed by atoms with Gasteiger partial charge in [0.2, 0.25) is 5.91 Å². The van der Waals surface area contributed by atoms with Gasteiger partial charge in [-0.1, -0.05) is 39.0 Å². The van der Waals surface area contributed by atoms with E-state index < -0.39 is 6.04 Å². The molecule has 150 valence electrons. The number of amides is 2. The highest BCUT2D eigenvalue weighted by molar-refractivity contribution is 5.98. The summed E-state index contributed by atoms with van der Waals surface area (Å²) in [7, 11) is 0. The van der Waals surface area contributed by atoms with Crippen molar-refractivity contribution in [3.8, 4) is 0 Å². The number of rotatable bonds is 8. The summed E-state index contributed by atoms with van der Waals surface area (Å²) in [6.07, 6.45) is 2.71. The normalized spacial score (nSPS) is 16.4. The van der Waals surface area contributed by atoms with Gasteiger partial charge in [0.15, 0.2) is 0 Å². The van der Waals surface area contributed by atoms with E-state index in [1.165, 1.54) is 0 Å². The number of aryl methyl sites for hydroxylation is 1. The Labute approximate surface area is 163 Å². The highest BCUT2D eigenvalue weighted by Crippen LogP contribution is 2.19. The summed E-state index contributed by atoms with van der Waals surface area (Å²) in [5.41, 5.74) is 1.57. The van der Waals surface area contributed by atoms with Crippen LogP contribution < -0.4 is 10.6 Å². The van der Waals surface area contributed by atoms with Gasteiger partial charge in [-0.25, -0.2) is 0 Å². The molecule has 2 amide bonds. The first-order chi connectivity index (χ1) is 12.9. The highest BCUT2D eigenvalue weighted by Gasteiger charge is 2.30. The van der Waals surface area contributed by atoms with Crippen molar-refractivity contribution in [1.82, 2.24) is 15.5 Å².